The molecule has 84 valence electrons. The lowest BCUT2D eigenvalue weighted by atomic mass is 9.70. The van der Waals surface area contributed by atoms with Gasteiger partial charge >= 0.3 is 0 Å². The molecule has 1 aromatic heterocycles. The zero-order valence-corrected chi connectivity index (χ0v) is 10.5. The fourth-order valence-electron chi connectivity index (χ4n) is 2.70. The van der Waals surface area contributed by atoms with Gasteiger partial charge in [0.1, 0.15) is 0 Å². The Morgan fingerprint density at radius 1 is 1.47 bits per heavy atom. The van der Waals surface area contributed by atoms with Gasteiger partial charge in [0, 0.05) is 5.54 Å². The van der Waals surface area contributed by atoms with Gasteiger partial charge in [0.05, 0.1) is 0 Å². The van der Waals surface area contributed by atoms with Crippen molar-refractivity contribution in [2.75, 3.05) is 0 Å². The highest BCUT2D eigenvalue weighted by atomic mass is 32.1. The summed E-state index contributed by atoms with van der Waals surface area (Å²) < 4.78 is 0. The molecular formula is C13H21NS. The molecule has 0 amide bonds. The number of hydrogen-bond donors (Lipinski definition) is 1. The average Bonchev–Trinajstić information content (AvgIpc) is 2.64. The second-order valence-electron chi connectivity index (χ2n) is 5.37. The van der Waals surface area contributed by atoms with Crippen molar-refractivity contribution in [2.24, 2.45) is 17.6 Å². The number of thiophene rings is 1. The maximum Gasteiger partial charge on any atom is 0.0198 e. The second-order valence-corrected chi connectivity index (χ2v) is 6.15. The molecule has 1 heterocycles. The van der Waals surface area contributed by atoms with E-state index in [0.29, 0.717) is 0 Å². The molecule has 1 aliphatic carbocycles. The zero-order chi connectivity index (χ0) is 10.9. The monoisotopic (exact) mass is 223 g/mol. The predicted molar refractivity (Wildman–Crippen MR) is 67.1 cm³/mol. The lowest BCUT2D eigenvalue weighted by Gasteiger charge is -2.40. The quantitative estimate of drug-likeness (QED) is 0.816. The highest BCUT2D eigenvalue weighted by Crippen LogP contribution is 2.36. The van der Waals surface area contributed by atoms with Gasteiger partial charge in [0.15, 0.2) is 0 Å². The average molecular weight is 223 g/mol. The molecule has 1 fully saturated rings. The molecule has 0 saturated heterocycles. The van der Waals surface area contributed by atoms with E-state index in [9.17, 15) is 0 Å². The van der Waals surface area contributed by atoms with Crippen LogP contribution in [0.4, 0.5) is 0 Å². The largest absolute Gasteiger partial charge is 0.325 e. The van der Waals surface area contributed by atoms with Crippen LogP contribution in [0.1, 0.15) is 38.7 Å². The summed E-state index contributed by atoms with van der Waals surface area (Å²) in [6.45, 7) is 4.70. The summed E-state index contributed by atoms with van der Waals surface area (Å²) in [6, 6.07) is 2.21. The molecule has 1 aliphatic rings. The molecule has 0 aromatic carbocycles. The summed E-state index contributed by atoms with van der Waals surface area (Å²) in [4.78, 5) is 0. The Hall–Kier alpha value is -0.340. The summed E-state index contributed by atoms with van der Waals surface area (Å²) in [5.41, 5.74) is 7.99. The standard InChI is InChI=1S/C13H21NS/c1-10-3-5-13(14,7-11(10)2)8-12-4-6-15-9-12/h4,6,9-11H,3,5,7-8,14H2,1-2H3. The summed E-state index contributed by atoms with van der Waals surface area (Å²) in [5, 5.41) is 4.38. The van der Waals surface area contributed by atoms with Crippen LogP contribution >= 0.6 is 11.3 Å². The summed E-state index contributed by atoms with van der Waals surface area (Å²) in [5.74, 6) is 1.63. The van der Waals surface area contributed by atoms with Crippen molar-refractivity contribution < 1.29 is 0 Å². The van der Waals surface area contributed by atoms with Crippen LogP contribution in [0.2, 0.25) is 0 Å². The normalized spacial score (nSPS) is 36.7. The van der Waals surface area contributed by atoms with E-state index in [-0.39, 0.29) is 5.54 Å². The van der Waals surface area contributed by atoms with Crippen LogP contribution < -0.4 is 5.73 Å². The van der Waals surface area contributed by atoms with Crippen molar-refractivity contribution in [1.82, 2.24) is 0 Å². The minimum Gasteiger partial charge on any atom is -0.325 e. The molecule has 2 heteroatoms. The van der Waals surface area contributed by atoms with Crippen LogP contribution in [-0.2, 0) is 6.42 Å². The van der Waals surface area contributed by atoms with Gasteiger partial charge < -0.3 is 5.73 Å². The first kappa shape index (κ1) is 11.2. The maximum absolute atomic E-state index is 6.51. The molecule has 3 unspecified atom stereocenters. The van der Waals surface area contributed by atoms with Crippen molar-refractivity contribution >= 4 is 11.3 Å². The zero-order valence-electron chi connectivity index (χ0n) is 9.70. The van der Waals surface area contributed by atoms with E-state index in [4.69, 9.17) is 5.73 Å². The van der Waals surface area contributed by atoms with Crippen LogP contribution in [0.25, 0.3) is 0 Å². The van der Waals surface area contributed by atoms with Crippen molar-refractivity contribution in [2.45, 2.75) is 45.1 Å². The third-order valence-corrected chi connectivity index (χ3v) is 4.67. The van der Waals surface area contributed by atoms with E-state index in [1.54, 1.807) is 11.3 Å². The number of rotatable bonds is 2. The van der Waals surface area contributed by atoms with Gasteiger partial charge in [-0.15, -0.1) is 0 Å². The molecule has 1 nitrogen and oxygen atoms in total. The van der Waals surface area contributed by atoms with E-state index >= 15 is 0 Å². The minimum absolute atomic E-state index is 0.0625. The summed E-state index contributed by atoms with van der Waals surface area (Å²) in [6.07, 6.45) is 4.73. The van der Waals surface area contributed by atoms with E-state index in [2.05, 4.69) is 30.7 Å². The molecule has 15 heavy (non-hydrogen) atoms. The number of hydrogen-bond acceptors (Lipinski definition) is 2. The highest BCUT2D eigenvalue weighted by Gasteiger charge is 2.34. The van der Waals surface area contributed by atoms with Gasteiger partial charge in [-0.25, -0.2) is 0 Å². The lowest BCUT2D eigenvalue weighted by Crippen LogP contribution is -2.47. The first-order valence-corrected chi connectivity index (χ1v) is 6.83. The van der Waals surface area contributed by atoms with Crippen molar-refractivity contribution in [3.63, 3.8) is 0 Å². The molecule has 0 aliphatic heterocycles. The fraction of sp³-hybridized carbons (Fsp3) is 0.692. The van der Waals surface area contributed by atoms with Crippen molar-refractivity contribution in [3.8, 4) is 0 Å². The van der Waals surface area contributed by atoms with E-state index in [0.717, 1.165) is 18.3 Å². The Labute approximate surface area is 96.7 Å². The van der Waals surface area contributed by atoms with Crippen LogP contribution in [0.5, 0.6) is 0 Å². The maximum atomic E-state index is 6.51. The lowest BCUT2D eigenvalue weighted by molar-refractivity contribution is 0.176. The second kappa shape index (κ2) is 4.26. The molecule has 0 bridgehead atoms. The Morgan fingerprint density at radius 3 is 2.87 bits per heavy atom. The SMILES string of the molecule is CC1CCC(N)(Cc2ccsc2)CC1C. The Morgan fingerprint density at radius 2 is 2.27 bits per heavy atom. The van der Waals surface area contributed by atoms with E-state index in [1.807, 2.05) is 0 Å². The van der Waals surface area contributed by atoms with Gasteiger partial charge in [-0.3, -0.25) is 0 Å². The molecule has 0 spiro atoms. The predicted octanol–water partition coefficient (Wildman–Crippen LogP) is 3.44. The van der Waals surface area contributed by atoms with Crippen LogP contribution in [-0.4, -0.2) is 5.54 Å². The molecule has 2 N–H and O–H groups in total. The van der Waals surface area contributed by atoms with Gasteiger partial charge in [-0.05, 0) is 59.9 Å². The Balaban J connectivity index is 2.01. The summed E-state index contributed by atoms with van der Waals surface area (Å²) >= 11 is 1.77. The molecule has 1 saturated carbocycles. The first-order chi connectivity index (χ1) is 7.09. The summed E-state index contributed by atoms with van der Waals surface area (Å²) in [7, 11) is 0. The van der Waals surface area contributed by atoms with Gasteiger partial charge in [0.2, 0.25) is 0 Å². The van der Waals surface area contributed by atoms with Crippen LogP contribution in [0.15, 0.2) is 16.8 Å². The third kappa shape index (κ3) is 2.61. The van der Waals surface area contributed by atoms with E-state index < -0.39 is 0 Å². The van der Waals surface area contributed by atoms with Crippen LogP contribution in [0.3, 0.4) is 0 Å². The Kier molecular flexibility index (Phi) is 3.17. The van der Waals surface area contributed by atoms with Crippen LogP contribution in [0, 0.1) is 11.8 Å². The molecule has 1 aromatic rings. The highest BCUT2D eigenvalue weighted by molar-refractivity contribution is 7.07. The fourth-order valence-corrected chi connectivity index (χ4v) is 3.37. The topological polar surface area (TPSA) is 26.0 Å². The van der Waals surface area contributed by atoms with Gasteiger partial charge in [-0.2, -0.15) is 11.3 Å². The molecule has 3 atom stereocenters. The smallest absolute Gasteiger partial charge is 0.0198 e. The van der Waals surface area contributed by atoms with E-state index in [1.165, 1.54) is 24.8 Å². The van der Waals surface area contributed by atoms with Gasteiger partial charge in [-0.1, -0.05) is 13.8 Å². The minimum atomic E-state index is 0.0625. The third-order valence-electron chi connectivity index (χ3n) is 3.93. The van der Waals surface area contributed by atoms with Crippen molar-refractivity contribution in [3.05, 3.63) is 22.4 Å². The van der Waals surface area contributed by atoms with Gasteiger partial charge in [0.25, 0.3) is 0 Å². The first-order valence-electron chi connectivity index (χ1n) is 5.89. The molecule has 0 radical (unpaired) electrons. The molecule has 2 rings (SSSR count). The molecular weight excluding hydrogens is 202 g/mol. The number of nitrogens with two attached hydrogens (primary N) is 1. The van der Waals surface area contributed by atoms with Crippen molar-refractivity contribution in [1.29, 1.82) is 0 Å². The Bertz CT molecular complexity index is 306.